The van der Waals surface area contributed by atoms with E-state index in [2.05, 4.69) is 32.6 Å². The Morgan fingerprint density at radius 1 is 1.19 bits per heavy atom. The summed E-state index contributed by atoms with van der Waals surface area (Å²) in [6.45, 7) is 0. The first-order chi connectivity index (χ1) is 13.3. The maximum Gasteiger partial charge on any atom is 0.230 e. The molecule has 2 aliphatic carbocycles. The Morgan fingerprint density at radius 2 is 1.96 bits per heavy atom. The van der Waals surface area contributed by atoms with Crippen LogP contribution in [-0.2, 0) is 11.2 Å². The van der Waals surface area contributed by atoms with Crippen molar-refractivity contribution in [2.75, 3.05) is 5.75 Å². The normalized spacial score (nSPS) is 18.5. The largest absolute Gasteiger partial charge is 0.348 e. The highest BCUT2D eigenvalue weighted by atomic mass is 32.2. The number of aryl methyl sites for hydroxylation is 1. The fraction of sp³-hybridized carbons (Fsp3) is 0.571. The third kappa shape index (κ3) is 5.34. The molecule has 0 spiro atoms. The first kappa shape index (κ1) is 18.5. The lowest BCUT2D eigenvalue weighted by atomic mass is 10.0. The molecule has 1 aromatic heterocycles. The Hall–Kier alpha value is -1.82. The van der Waals surface area contributed by atoms with Crippen molar-refractivity contribution in [3.63, 3.8) is 0 Å². The molecule has 2 aromatic rings. The van der Waals surface area contributed by atoms with Crippen LogP contribution in [0.2, 0.25) is 0 Å². The number of aromatic amines is 1. The summed E-state index contributed by atoms with van der Waals surface area (Å²) in [5.74, 6) is 2.79. The van der Waals surface area contributed by atoms with Gasteiger partial charge in [-0.3, -0.25) is 9.89 Å². The summed E-state index contributed by atoms with van der Waals surface area (Å²) in [6.07, 6.45) is 10.0. The lowest BCUT2D eigenvalue weighted by Crippen LogP contribution is -2.31. The maximum absolute atomic E-state index is 12.4. The predicted molar refractivity (Wildman–Crippen MR) is 107 cm³/mol. The molecule has 2 aliphatic rings. The fourth-order valence-electron chi connectivity index (χ4n) is 4.00. The van der Waals surface area contributed by atoms with Crippen molar-refractivity contribution in [2.24, 2.45) is 11.8 Å². The fourth-order valence-corrected chi connectivity index (χ4v) is 4.63. The van der Waals surface area contributed by atoms with Crippen LogP contribution in [0.4, 0.5) is 0 Å². The SMILES string of the molecule is O=C(CSc1n[nH]c(CCC2CCCC2)n1)NC(c1ccccc1)C1CC1. The van der Waals surface area contributed by atoms with Gasteiger partial charge in [0, 0.05) is 6.42 Å². The minimum Gasteiger partial charge on any atom is -0.348 e. The minimum atomic E-state index is 0.0538. The molecule has 27 heavy (non-hydrogen) atoms. The molecule has 1 amide bonds. The molecule has 6 heteroatoms. The number of carbonyl (C=O) groups excluding carboxylic acids is 1. The number of carbonyl (C=O) groups is 1. The highest BCUT2D eigenvalue weighted by molar-refractivity contribution is 7.99. The predicted octanol–water partition coefficient (Wildman–Crippen LogP) is 4.29. The zero-order valence-corrected chi connectivity index (χ0v) is 16.5. The van der Waals surface area contributed by atoms with E-state index in [0.717, 1.165) is 18.2 Å². The maximum atomic E-state index is 12.4. The lowest BCUT2D eigenvalue weighted by Gasteiger charge is -2.18. The zero-order valence-electron chi connectivity index (χ0n) is 15.7. The number of benzene rings is 1. The molecule has 2 fully saturated rings. The summed E-state index contributed by atoms with van der Waals surface area (Å²) in [5.41, 5.74) is 1.20. The third-order valence-electron chi connectivity index (χ3n) is 5.68. The summed E-state index contributed by atoms with van der Waals surface area (Å²) in [7, 11) is 0. The van der Waals surface area contributed by atoms with Gasteiger partial charge in [-0.25, -0.2) is 4.98 Å². The van der Waals surface area contributed by atoms with E-state index >= 15 is 0 Å². The van der Waals surface area contributed by atoms with Gasteiger partial charge in [0.05, 0.1) is 11.8 Å². The Morgan fingerprint density at radius 3 is 2.70 bits per heavy atom. The summed E-state index contributed by atoms with van der Waals surface area (Å²) in [6, 6.07) is 10.4. The van der Waals surface area contributed by atoms with Crippen LogP contribution in [0, 0.1) is 11.8 Å². The smallest absolute Gasteiger partial charge is 0.230 e. The van der Waals surface area contributed by atoms with Crippen LogP contribution in [-0.4, -0.2) is 26.8 Å². The van der Waals surface area contributed by atoms with Crippen LogP contribution in [0.1, 0.15) is 62.4 Å². The van der Waals surface area contributed by atoms with Gasteiger partial charge in [0.15, 0.2) is 0 Å². The van der Waals surface area contributed by atoms with Gasteiger partial charge in [0.1, 0.15) is 5.82 Å². The Labute approximate surface area is 165 Å². The molecule has 1 heterocycles. The van der Waals surface area contributed by atoms with Crippen molar-refractivity contribution in [3.8, 4) is 0 Å². The Balaban J connectivity index is 1.24. The molecule has 0 aliphatic heterocycles. The topological polar surface area (TPSA) is 70.7 Å². The average molecular weight is 385 g/mol. The monoisotopic (exact) mass is 384 g/mol. The van der Waals surface area contributed by atoms with E-state index in [9.17, 15) is 4.79 Å². The molecular weight excluding hydrogens is 356 g/mol. The van der Waals surface area contributed by atoms with Gasteiger partial charge in [-0.05, 0) is 36.7 Å². The Bertz CT molecular complexity index is 738. The van der Waals surface area contributed by atoms with Crippen LogP contribution in [0.25, 0.3) is 0 Å². The second-order valence-corrected chi connectivity index (χ2v) is 8.78. The van der Waals surface area contributed by atoms with Crippen LogP contribution in [0.3, 0.4) is 0 Å². The number of rotatable bonds is 9. The van der Waals surface area contributed by atoms with Crippen molar-refractivity contribution in [1.29, 1.82) is 0 Å². The van der Waals surface area contributed by atoms with Crippen LogP contribution >= 0.6 is 11.8 Å². The van der Waals surface area contributed by atoms with E-state index in [0.29, 0.717) is 16.8 Å². The van der Waals surface area contributed by atoms with Gasteiger partial charge >= 0.3 is 0 Å². The average Bonchev–Trinajstić information content (AvgIpc) is 3.20. The van der Waals surface area contributed by atoms with Gasteiger partial charge in [0.25, 0.3) is 0 Å². The molecule has 0 radical (unpaired) electrons. The number of nitrogens with one attached hydrogen (secondary N) is 2. The van der Waals surface area contributed by atoms with Crippen LogP contribution in [0.15, 0.2) is 35.5 Å². The van der Waals surface area contributed by atoms with E-state index in [1.54, 1.807) is 0 Å². The van der Waals surface area contributed by atoms with E-state index in [-0.39, 0.29) is 11.9 Å². The first-order valence-corrected chi connectivity index (χ1v) is 11.1. The van der Waals surface area contributed by atoms with E-state index < -0.39 is 0 Å². The van der Waals surface area contributed by atoms with Crippen molar-refractivity contribution in [3.05, 3.63) is 41.7 Å². The number of thioether (sulfide) groups is 1. The molecule has 2 saturated carbocycles. The van der Waals surface area contributed by atoms with Gasteiger partial charge in [-0.15, -0.1) is 5.10 Å². The number of hydrogen-bond donors (Lipinski definition) is 2. The van der Waals surface area contributed by atoms with Crippen molar-refractivity contribution in [1.82, 2.24) is 20.5 Å². The standard InChI is InChI=1S/C21H28N4OS/c26-19(23-20(17-11-12-17)16-8-2-1-3-9-16)14-27-21-22-18(24-25-21)13-10-15-6-4-5-7-15/h1-3,8-9,15,17,20H,4-7,10-14H2,(H,23,26)(H,22,24,25). The molecule has 5 nitrogen and oxygen atoms in total. The van der Waals surface area contributed by atoms with E-state index in [4.69, 9.17) is 0 Å². The van der Waals surface area contributed by atoms with Crippen molar-refractivity contribution < 1.29 is 4.79 Å². The second-order valence-electron chi connectivity index (χ2n) is 7.84. The molecular formula is C21H28N4OS. The number of aromatic nitrogens is 3. The van der Waals surface area contributed by atoms with Gasteiger partial charge in [0.2, 0.25) is 11.1 Å². The number of nitrogens with zero attached hydrogens (tertiary/aromatic N) is 2. The number of H-pyrrole nitrogens is 1. The number of amides is 1. The lowest BCUT2D eigenvalue weighted by molar-refractivity contribution is -0.119. The summed E-state index contributed by atoms with van der Waals surface area (Å²) >= 11 is 1.41. The number of hydrogen-bond acceptors (Lipinski definition) is 4. The first-order valence-electron chi connectivity index (χ1n) is 10.2. The minimum absolute atomic E-state index is 0.0538. The van der Waals surface area contributed by atoms with Gasteiger partial charge < -0.3 is 5.32 Å². The molecule has 0 bridgehead atoms. The quantitative estimate of drug-likeness (QED) is 0.633. The second kappa shape index (κ2) is 8.91. The van der Waals surface area contributed by atoms with E-state index in [1.807, 2.05) is 18.2 Å². The molecule has 1 unspecified atom stereocenters. The van der Waals surface area contributed by atoms with Crippen LogP contribution in [0.5, 0.6) is 0 Å². The van der Waals surface area contributed by atoms with Crippen molar-refractivity contribution in [2.45, 2.75) is 62.6 Å². The highest BCUT2D eigenvalue weighted by Gasteiger charge is 2.33. The summed E-state index contributed by atoms with van der Waals surface area (Å²) < 4.78 is 0. The van der Waals surface area contributed by atoms with Gasteiger partial charge in [-0.1, -0.05) is 67.8 Å². The third-order valence-corrected chi connectivity index (χ3v) is 6.52. The molecule has 1 aromatic carbocycles. The Kier molecular flexibility index (Phi) is 6.12. The van der Waals surface area contributed by atoms with E-state index in [1.165, 1.54) is 62.3 Å². The van der Waals surface area contributed by atoms with Gasteiger partial charge in [-0.2, -0.15) is 0 Å². The van der Waals surface area contributed by atoms with Crippen molar-refractivity contribution >= 4 is 17.7 Å². The zero-order chi connectivity index (χ0) is 18.5. The molecule has 144 valence electrons. The van der Waals surface area contributed by atoms with Crippen LogP contribution < -0.4 is 5.32 Å². The summed E-state index contributed by atoms with van der Waals surface area (Å²) in [5, 5.41) is 11.2. The molecule has 1 atom stereocenters. The summed E-state index contributed by atoms with van der Waals surface area (Å²) in [4.78, 5) is 17.0. The highest BCUT2D eigenvalue weighted by Crippen LogP contribution is 2.41. The molecule has 4 rings (SSSR count). The molecule has 0 saturated heterocycles. The molecule has 2 N–H and O–H groups in total.